The summed E-state index contributed by atoms with van der Waals surface area (Å²) < 4.78 is 5.11. The number of hydrazine groups is 1. The first kappa shape index (κ1) is 6.01. The van der Waals surface area contributed by atoms with Crippen LogP contribution in [0.15, 0.2) is 0 Å². The fourth-order valence-corrected chi connectivity index (χ4v) is 0.765. The van der Waals surface area contributed by atoms with Crippen LogP contribution in [0.25, 0.3) is 0 Å². The van der Waals surface area contributed by atoms with Gasteiger partial charge in [-0.05, 0) is 12.8 Å². The molecule has 1 heterocycles. The molecule has 0 radical (unpaired) electrons. The number of ether oxygens (including phenoxy) is 1. The van der Waals surface area contributed by atoms with Gasteiger partial charge in [-0.1, -0.05) is 0 Å². The van der Waals surface area contributed by atoms with Gasteiger partial charge in [0, 0.05) is 13.2 Å². The fourth-order valence-electron chi connectivity index (χ4n) is 0.765. The largest absolute Gasteiger partial charge is 0.365 e. The summed E-state index contributed by atoms with van der Waals surface area (Å²) in [4.78, 5) is 0. The smallest absolute Gasteiger partial charge is 0.111 e. The van der Waals surface area contributed by atoms with Crippen LogP contribution in [-0.2, 0) is 4.74 Å². The van der Waals surface area contributed by atoms with Crippen LogP contribution in [0.2, 0.25) is 0 Å². The summed E-state index contributed by atoms with van der Waals surface area (Å²) >= 11 is 0. The molecule has 0 bridgehead atoms. The topological polar surface area (TPSA) is 38.5 Å². The van der Waals surface area contributed by atoms with Crippen molar-refractivity contribution in [3.05, 3.63) is 0 Å². The van der Waals surface area contributed by atoms with E-state index in [0.29, 0.717) is 6.73 Å². The highest BCUT2D eigenvalue weighted by molar-refractivity contribution is 4.48. The molecule has 1 fully saturated rings. The van der Waals surface area contributed by atoms with Crippen LogP contribution in [0.4, 0.5) is 0 Å². The van der Waals surface area contributed by atoms with Crippen molar-refractivity contribution < 1.29 is 4.74 Å². The van der Waals surface area contributed by atoms with E-state index in [1.165, 1.54) is 0 Å². The van der Waals surface area contributed by atoms with Crippen molar-refractivity contribution in [1.82, 2.24) is 5.01 Å². The van der Waals surface area contributed by atoms with E-state index < -0.39 is 0 Å². The van der Waals surface area contributed by atoms with E-state index in [2.05, 4.69) is 0 Å². The normalized spacial score (nSPS) is 25.1. The second kappa shape index (κ2) is 3.02. The summed E-state index contributed by atoms with van der Waals surface area (Å²) in [5, 5.41) is 1.70. The lowest BCUT2D eigenvalue weighted by Gasteiger charge is -2.09. The van der Waals surface area contributed by atoms with E-state index in [1.807, 2.05) is 0 Å². The van der Waals surface area contributed by atoms with Gasteiger partial charge in [0.1, 0.15) is 6.73 Å². The molecule has 48 valence electrons. The molecule has 0 aromatic heterocycles. The Bertz CT molecular complexity index is 59.4. The van der Waals surface area contributed by atoms with Crippen molar-refractivity contribution in [1.29, 1.82) is 0 Å². The predicted octanol–water partition coefficient (Wildman–Crippen LogP) is -0.0700. The third-order valence-corrected chi connectivity index (χ3v) is 1.24. The molecule has 0 atom stereocenters. The first-order valence-corrected chi connectivity index (χ1v) is 2.97. The maximum Gasteiger partial charge on any atom is 0.111 e. The molecule has 0 amide bonds. The Labute approximate surface area is 49.4 Å². The zero-order chi connectivity index (χ0) is 5.82. The standard InChI is InChI=1S/C5H12N2O/c6-7-3-1-2-4-8-5-7/h1-6H2. The van der Waals surface area contributed by atoms with Crippen molar-refractivity contribution in [3.8, 4) is 0 Å². The van der Waals surface area contributed by atoms with Crippen LogP contribution in [0.1, 0.15) is 12.8 Å². The van der Waals surface area contributed by atoms with Gasteiger partial charge in [-0.3, -0.25) is 5.84 Å². The van der Waals surface area contributed by atoms with Gasteiger partial charge < -0.3 is 4.74 Å². The zero-order valence-electron chi connectivity index (χ0n) is 4.97. The van der Waals surface area contributed by atoms with Crippen LogP contribution in [0.3, 0.4) is 0 Å². The summed E-state index contributed by atoms with van der Waals surface area (Å²) in [5.74, 6) is 5.44. The van der Waals surface area contributed by atoms with E-state index in [4.69, 9.17) is 10.6 Å². The van der Waals surface area contributed by atoms with Gasteiger partial charge in [-0.2, -0.15) is 0 Å². The molecule has 0 unspecified atom stereocenters. The second-order valence-electron chi connectivity index (χ2n) is 2.06. The minimum Gasteiger partial charge on any atom is -0.365 e. The van der Waals surface area contributed by atoms with Crippen molar-refractivity contribution in [3.63, 3.8) is 0 Å². The van der Waals surface area contributed by atoms with Crippen molar-refractivity contribution in [2.75, 3.05) is 19.9 Å². The fraction of sp³-hybridized carbons (Fsp3) is 1.00. The molecular formula is C5H12N2O. The summed E-state index contributed by atoms with van der Waals surface area (Å²) in [5.41, 5.74) is 0. The highest BCUT2D eigenvalue weighted by Gasteiger charge is 2.02. The molecule has 1 aliphatic rings. The molecule has 2 N–H and O–H groups in total. The van der Waals surface area contributed by atoms with Crippen LogP contribution >= 0.6 is 0 Å². The van der Waals surface area contributed by atoms with E-state index >= 15 is 0 Å². The maximum atomic E-state index is 5.44. The molecule has 1 rings (SSSR count). The third-order valence-electron chi connectivity index (χ3n) is 1.24. The minimum atomic E-state index is 0.597. The summed E-state index contributed by atoms with van der Waals surface area (Å²) in [7, 11) is 0. The van der Waals surface area contributed by atoms with E-state index in [9.17, 15) is 0 Å². The Hall–Kier alpha value is -0.120. The number of hydrogen-bond acceptors (Lipinski definition) is 3. The van der Waals surface area contributed by atoms with Crippen LogP contribution in [0, 0.1) is 0 Å². The van der Waals surface area contributed by atoms with Crippen LogP contribution in [-0.4, -0.2) is 24.9 Å². The van der Waals surface area contributed by atoms with Crippen molar-refractivity contribution in [2.24, 2.45) is 5.84 Å². The molecule has 1 aliphatic heterocycles. The Morgan fingerprint density at radius 3 is 3.12 bits per heavy atom. The Morgan fingerprint density at radius 1 is 1.38 bits per heavy atom. The van der Waals surface area contributed by atoms with E-state index in [1.54, 1.807) is 5.01 Å². The molecule has 0 aromatic carbocycles. The molecule has 8 heavy (non-hydrogen) atoms. The summed E-state index contributed by atoms with van der Waals surface area (Å²) in [6, 6.07) is 0. The summed E-state index contributed by atoms with van der Waals surface area (Å²) in [6.45, 7) is 2.44. The molecule has 0 aromatic rings. The van der Waals surface area contributed by atoms with Gasteiger partial charge in [0.15, 0.2) is 0 Å². The van der Waals surface area contributed by atoms with Gasteiger partial charge in [-0.25, -0.2) is 5.01 Å². The van der Waals surface area contributed by atoms with Crippen molar-refractivity contribution >= 4 is 0 Å². The number of nitrogens with zero attached hydrogens (tertiary/aromatic N) is 1. The predicted molar refractivity (Wildman–Crippen MR) is 30.9 cm³/mol. The van der Waals surface area contributed by atoms with Crippen LogP contribution in [0.5, 0.6) is 0 Å². The summed E-state index contributed by atoms with van der Waals surface area (Å²) in [6.07, 6.45) is 2.31. The quantitative estimate of drug-likeness (QED) is 0.450. The zero-order valence-corrected chi connectivity index (χ0v) is 4.97. The van der Waals surface area contributed by atoms with Crippen LogP contribution < -0.4 is 5.84 Å². The highest BCUT2D eigenvalue weighted by atomic mass is 16.5. The molecule has 1 saturated heterocycles. The lowest BCUT2D eigenvalue weighted by atomic mass is 10.3. The SMILES string of the molecule is NN1CCCCOC1. The van der Waals surface area contributed by atoms with Gasteiger partial charge >= 0.3 is 0 Å². The maximum absolute atomic E-state index is 5.44. The minimum absolute atomic E-state index is 0.597. The molecule has 3 heteroatoms. The Kier molecular flexibility index (Phi) is 2.27. The highest BCUT2D eigenvalue weighted by Crippen LogP contribution is 1.97. The Balaban J connectivity index is 2.17. The van der Waals surface area contributed by atoms with E-state index in [0.717, 1.165) is 26.0 Å². The number of rotatable bonds is 0. The van der Waals surface area contributed by atoms with Gasteiger partial charge in [0.25, 0.3) is 0 Å². The first-order chi connectivity index (χ1) is 3.89. The molecule has 0 saturated carbocycles. The lowest BCUT2D eigenvalue weighted by Crippen LogP contribution is -2.32. The average molecular weight is 116 g/mol. The monoisotopic (exact) mass is 116 g/mol. The van der Waals surface area contributed by atoms with Gasteiger partial charge in [-0.15, -0.1) is 0 Å². The number of nitrogens with two attached hydrogens (primary N) is 1. The second-order valence-corrected chi connectivity index (χ2v) is 2.06. The lowest BCUT2D eigenvalue weighted by molar-refractivity contribution is 0.0499. The van der Waals surface area contributed by atoms with Gasteiger partial charge in [0.2, 0.25) is 0 Å². The van der Waals surface area contributed by atoms with Gasteiger partial charge in [0.05, 0.1) is 0 Å². The molecule has 0 spiro atoms. The average Bonchev–Trinajstić information content (AvgIpc) is 1.94. The number of hydrogen-bond donors (Lipinski definition) is 1. The molecule has 0 aliphatic carbocycles. The first-order valence-electron chi connectivity index (χ1n) is 2.97. The van der Waals surface area contributed by atoms with Crippen molar-refractivity contribution in [2.45, 2.75) is 12.8 Å². The Morgan fingerprint density at radius 2 is 2.25 bits per heavy atom. The van der Waals surface area contributed by atoms with E-state index in [-0.39, 0.29) is 0 Å². The molecular weight excluding hydrogens is 104 g/mol. The molecule has 3 nitrogen and oxygen atoms in total. The third kappa shape index (κ3) is 1.78.